The summed E-state index contributed by atoms with van der Waals surface area (Å²) in [6.45, 7) is 7.36. The van der Waals surface area contributed by atoms with Gasteiger partial charge in [0.15, 0.2) is 0 Å². The topological polar surface area (TPSA) is 47.6 Å². The number of hydroxylamine groups is 1. The zero-order valence-corrected chi connectivity index (χ0v) is 11.9. The van der Waals surface area contributed by atoms with Gasteiger partial charge in [0.25, 0.3) is 0 Å². The third-order valence-corrected chi connectivity index (χ3v) is 2.53. The maximum absolute atomic E-state index is 11.7. The van der Waals surface area contributed by atoms with Crippen LogP contribution in [0.25, 0.3) is 0 Å². The summed E-state index contributed by atoms with van der Waals surface area (Å²) >= 11 is 0. The minimum absolute atomic E-state index is 0.218. The van der Waals surface area contributed by atoms with Crippen molar-refractivity contribution in [2.45, 2.75) is 27.4 Å². The van der Waals surface area contributed by atoms with Gasteiger partial charge in [0.05, 0.1) is 12.5 Å². The summed E-state index contributed by atoms with van der Waals surface area (Å²) in [6, 6.07) is 9.65. The Balaban J connectivity index is 2.18. The molecule has 4 heteroatoms. The molecule has 0 heterocycles. The molecule has 0 aromatic heterocycles. The lowest BCUT2D eigenvalue weighted by Crippen LogP contribution is -2.29. The van der Waals surface area contributed by atoms with Crippen molar-refractivity contribution in [3.63, 3.8) is 0 Å². The second-order valence-corrected chi connectivity index (χ2v) is 5.05. The summed E-state index contributed by atoms with van der Waals surface area (Å²) in [6.07, 6.45) is 0. The van der Waals surface area contributed by atoms with Gasteiger partial charge in [0, 0.05) is 6.54 Å². The summed E-state index contributed by atoms with van der Waals surface area (Å²) in [5, 5.41) is 0. The molecule has 0 radical (unpaired) electrons. The van der Waals surface area contributed by atoms with Gasteiger partial charge in [-0.1, -0.05) is 51.1 Å². The van der Waals surface area contributed by atoms with E-state index in [1.807, 2.05) is 37.3 Å². The lowest BCUT2D eigenvalue weighted by atomic mass is 10.2. The third-order valence-electron chi connectivity index (χ3n) is 2.53. The molecule has 19 heavy (non-hydrogen) atoms. The quantitative estimate of drug-likeness (QED) is 0.446. The van der Waals surface area contributed by atoms with Crippen LogP contribution in [0.3, 0.4) is 0 Å². The second kappa shape index (κ2) is 8.67. The van der Waals surface area contributed by atoms with Gasteiger partial charge in [0.1, 0.15) is 6.61 Å². The fourth-order valence-electron chi connectivity index (χ4n) is 1.36. The van der Waals surface area contributed by atoms with E-state index in [0.717, 1.165) is 5.56 Å². The predicted molar refractivity (Wildman–Crippen MR) is 74.2 cm³/mol. The van der Waals surface area contributed by atoms with Crippen LogP contribution in [0.15, 0.2) is 30.3 Å². The Kier molecular flexibility index (Phi) is 7.15. The second-order valence-electron chi connectivity index (χ2n) is 5.05. The van der Waals surface area contributed by atoms with Crippen LogP contribution >= 0.6 is 0 Å². The molecule has 1 N–H and O–H groups in total. The van der Waals surface area contributed by atoms with Gasteiger partial charge in [-0.15, -0.1) is 0 Å². The van der Waals surface area contributed by atoms with Crippen LogP contribution in [0.4, 0.5) is 0 Å². The standard InChI is InChI=1S/C15H23NO3/c1-12(2)10-19-16-9-13(3)15(17)18-11-14-7-5-4-6-8-14/h4-8,12-13,16H,9-11H2,1-3H3. The molecule has 0 saturated carbocycles. The molecule has 1 atom stereocenters. The molecule has 1 unspecified atom stereocenters. The van der Waals surface area contributed by atoms with Crippen molar-refractivity contribution in [3.05, 3.63) is 35.9 Å². The minimum atomic E-state index is -0.226. The van der Waals surface area contributed by atoms with E-state index < -0.39 is 0 Å². The molecule has 1 rings (SSSR count). The van der Waals surface area contributed by atoms with E-state index in [1.165, 1.54) is 0 Å². The number of benzene rings is 1. The summed E-state index contributed by atoms with van der Waals surface area (Å²) in [5.74, 6) is 0.0215. The largest absolute Gasteiger partial charge is 0.461 e. The lowest BCUT2D eigenvalue weighted by molar-refractivity contribution is -0.150. The first kappa shape index (κ1) is 15.7. The third kappa shape index (κ3) is 6.94. The van der Waals surface area contributed by atoms with Gasteiger partial charge in [-0.25, -0.2) is 5.48 Å². The molecule has 1 aromatic carbocycles. The van der Waals surface area contributed by atoms with Gasteiger partial charge < -0.3 is 9.57 Å². The van der Waals surface area contributed by atoms with Crippen molar-refractivity contribution in [2.75, 3.05) is 13.2 Å². The molecule has 0 bridgehead atoms. The van der Waals surface area contributed by atoms with E-state index in [9.17, 15) is 4.79 Å². The Morgan fingerprint density at radius 1 is 1.21 bits per heavy atom. The average Bonchev–Trinajstić information content (AvgIpc) is 2.41. The molecule has 1 aromatic rings. The van der Waals surface area contributed by atoms with E-state index in [1.54, 1.807) is 0 Å². The molecule has 0 spiro atoms. The van der Waals surface area contributed by atoms with Gasteiger partial charge in [-0.2, -0.15) is 0 Å². The molecule has 0 aliphatic rings. The maximum atomic E-state index is 11.7. The number of hydrogen-bond donors (Lipinski definition) is 1. The Morgan fingerprint density at radius 2 is 1.89 bits per heavy atom. The Labute approximate surface area is 115 Å². The number of carbonyl (C=O) groups excluding carboxylic acids is 1. The number of carbonyl (C=O) groups is 1. The lowest BCUT2D eigenvalue weighted by Gasteiger charge is -2.13. The molecule has 106 valence electrons. The minimum Gasteiger partial charge on any atom is -0.461 e. The van der Waals surface area contributed by atoms with Crippen molar-refractivity contribution in [1.29, 1.82) is 0 Å². The smallest absolute Gasteiger partial charge is 0.310 e. The molecule has 4 nitrogen and oxygen atoms in total. The fourth-order valence-corrected chi connectivity index (χ4v) is 1.36. The Hall–Kier alpha value is -1.39. The van der Waals surface area contributed by atoms with E-state index in [2.05, 4.69) is 19.3 Å². The molecule has 0 aliphatic heterocycles. The van der Waals surface area contributed by atoms with Crippen molar-refractivity contribution in [1.82, 2.24) is 5.48 Å². The molecule has 0 fully saturated rings. The van der Waals surface area contributed by atoms with E-state index in [4.69, 9.17) is 9.57 Å². The summed E-state index contributed by atoms with van der Waals surface area (Å²) < 4.78 is 5.23. The monoisotopic (exact) mass is 265 g/mol. The van der Waals surface area contributed by atoms with Crippen LogP contribution in [0, 0.1) is 11.8 Å². The van der Waals surface area contributed by atoms with Crippen molar-refractivity contribution >= 4 is 5.97 Å². The summed E-state index contributed by atoms with van der Waals surface area (Å²) in [5.41, 5.74) is 3.79. The number of hydrogen-bond acceptors (Lipinski definition) is 4. The Bertz CT molecular complexity index is 365. The van der Waals surface area contributed by atoms with Crippen LogP contribution in [-0.4, -0.2) is 19.1 Å². The van der Waals surface area contributed by atoms with Crippen LogP contribution in [0.1, 0.15) is 26.3 Å². The highest BCUT2D eigenvalue weighted by Crippen LogP contribution is 2.04. The number of nitrogens with one attached hydrogen (secondary N) is 1. The van der Waals surface area contributed by atoms with E-state index >= 15 is 0 Å². The van der Waals surface area contributed by atoms with Crippen LogP contribution in [0.5, 0.6) is 0 Å². The van der Waals surface area contributed by atoms with Gasteiger partial charge in [0.2, 0.25) is 0 Å². The highest BCUT2D eigenvalue weighted by molar-refractivity contribution is 5.72. The Morgan fingerprint density at radius 3 is 2.53 bits per heavy atom. The van der Waals surface area contributed by atoms with Crippen LogP contribution < -0.4 is 5.48 Å². The molecule has 0 aliphatic carbocycles. The molecule has 0 saturated heterocycles. The zero-order chi connectivity index (χ0) is 14.1. The zero-order valence-electron chi connectivity index (χ0n) is 11.9. The van der Waals surface area contributed by atoms with Gasteiger partial charge in [-0.05, 0) is 11.5 Å². The highest BCUT2D eigenvalue weighted by Gasteiger charge is 2.14. The first-order valence-electron chi connectivity index (χ1n) is 6.64. The van der Waals surface area contributed by atoms with E-state index in [-0.39, 0.29) is 11.9 Å². The van der Waals surface area contributed by atoms with Crippen LogP contribution in [-0.2, 0) is 21.0 Å². The SMILES string of the molecule is CC(C)CONCC(C)C(=O)OCc1ccccc1. The van der Waals surface area contributed by atoms with E-state index in [0.29, 0.717) is 25.7 Å². The summed E-state index contributed by atoms with van der Waals surface area (Å²) in [7, 11) is 0. The van der Waals surface area contributed by atoms with Crippen molar-refractivity contribution in [3.8, 4) is 0 Å². The molecular formula is C15H23NO3. The number of esters is 1. The first-order valence-corrected chi connectivity index (χ1v) is 6.64. The molecule has 0 amide bonds. The highest BCUT2D eigenvalue weighted by atomic mass is 16.6. The van der Waals surface area contributed by atoms with Gasteiger partial charge >= 0.3 is 5.97 Å². The van der Waals surface area contributed by atoms with Gasteiger partial charge in [-0.3, -0.25) is 4.79 Å². The maximum Gasteiger partial charge on any atom is 0.310 e. The predicted octanol–water partition coefficient (Wildman–Crippen LogP) is 2.54. The normalized spacial score (nSPS) is 12.4. The number of rotatable bonds is 8. The first-order chi connectivity index (χ1) is 9.09. The average molecular weight is 265 g/mol. The fraction of sp³-hybridized carbons (Fsp3) is 0.533. The number of ether oxygens (including phenoxy) is 1. The van der Waals surface area contributed by atoms with Crippen molar-refractivity contribution in [2.24, 2.45) is 11.8 Å². The van der Waals surface area contributed by atoms with Crippen LogP contribution in [0.2, 0.25) is 0 Å². The summed E-state index contributed by atoms with van der Waals surface area (Å²) in [4.78, 5) is 16.9. The van der Waals surface area contributed by atoms with Crippen molar-refractivity contribution < 1.29 is 14.4 Å². The molecular weight excluding hydrogens is 242 g/mol.